The second-order valence-corrected chi connectivity index (χ2v) is 4.72. The zero-order valence-corrected chi connectivity index (χ0v) is 11.8. The van der Waals surface area contributed by atoms with Crippen LogP contribution in [0.15, 0.2) is 18.2 Å². The highest BCUT2D eigenvalue weighted by Gasteiger charge is 2.10. The fourth-order valence-electron chi connectivity index (χ4n) is 1.97. The van der Waals surface area contributed by atoms with Gasteiger partial charge in [0.2, 0.25) is 0 Å². The van der Waals surface area contributed by atoms with Crippen LogP contribution in [0.3, 0.4) is 0 Å². The van der Waals surface area contributed by atoms with E-state index < -0.39 is 0 Å². The van der Waals surface area contributed by atoms with Gasteiger partial charge < -0.3 is 20.1 Å². The molecule has 1 atom stereocenters. The molecular weight excluding hydrogens is 228 g/mol. The lowest BCUT2D eigenvalue weighted by Crippen LogP contribution is -2.28. The highest BCUT2D eigenvalue weighted by atomic mass is 16.5. The first-order valence-electron chi connectivity index (χ1n) is 6.20. The summed E-state index contributed by atoms with van der Waals surface area (Å²) in [6.45, 7) is 4.65. The Morgan fingerprint density at radius 2 is 2.00 bits per heavy atom. The van der Waals surface area contributed by atoms with Crippen molar-refractivity contribution < 1.29 is 9.47 Å². The molecule has 0 saturated carbocycles. The molecule has 0 saturated heterocycles. The van der Waals surface area contributed by atoms with Gasteiger partial charge in [-0.3, -0.25) is 0 Å². The van der Waals surface area contributed by atoms with Gasteiger partial charge in [0.05, 0.1) is 14.2 Å². The van der Waals surface area contributed by atoms with E-state index in [9.17, 15) is 0 Å². The zero-order valence-electron chi connectivity index (χ0n) is 11.8. The van der Waals surface area contributed by atoms with Gasteiger partial charge in [-0.2, -0.15) is 0 Å². The van der Waals surface area contributed by atoms with E-state index in [1.54, 1.807) is 14.2 Å². The van der Waals surface area contributed by atoms with Crippen molar-refractivity contribution in [2.45, 2.75) is 13.5 Å². The Morgan fingerprint density at radius 3 is 2.56 bits per heavy atom. The number of methoxy groups -OCH3 is 2. The van der Waals surface area contributed by atoms with Crippen LogP contribution in [0.25, 0.3) is 0 Å². The number of hydrogen-bond donors (Lipinski definition) is 1. The summed E-state index contributed by atoms with van der Waals surface area (Å²) in [5.74, 6) is 2.24. The van der Waals surface area contributed by atoms with Crippen LogP contribution in [0.5, 0.6) is 11.5 Å². The Morgan fingerprint density at radius 1 is 1.28 bits per heavy atom. The number of rotatable bonds is 7. The minimum atomic E-state index is 0.492. The van der Waals surface area contributed by atoms with Crippen molar-refractivity contribution in [3.05, 3.63) is 23.8 Å². The van der Waals surface area contributed by atoms with Crippen LogP contribution in [0.1, 0.15) is 12.5 Å². The Kier molecular flexibility index (Phi) is 5.95. The number of ether oxygens (including phenoxy) is 2. The van der Waals surface area contributed by atoms with Crippen molar-refractivity contribution in [1.82, 2.24) is 4.90 Å². The molecule has 0 spiro atoms. The lowest BCUT2D eigenvalue weighted by Gasteiger charge is -2.21. The van der Waals surface area contributed by atoms with Crippen LogP contribution >= 0.6 is 0 Å². The Labute approximate surface area is 110 Å². The fraction of sp³-hybridized carbons (Fsp3) is 0.571. The third-order valence-corrected chi connectivity index (χ3v) is 2.95. The molecular formula is C14H24N2O2. The van der Waals surface area contributed by atoms with E-state index in [-0.39, 0.29) is 0 Å². The third-order valence-electron chi connectivity index (χ3n) is 2.95. The number of nitrogens with two attached hydrogens (primary N) is 1. The van der Waals surface area contributed by atoms with Gasteiger partial charge in [-0.25, -0.2) is 0 Å². The zero-order chi connectivity index (χ0) is 13.5. The Hall–Kier alpha value is -1.26. The smallest absolute Gasteiger partial charge is 0.123 e. The molecule has 1 aromatic rings. The van der Waals surface area contributed by atoms with E-state index in [4.69, 9.17) is 15.2 Å². The van der Waals surface area contributed by atoms with Crippen molar-refractivity contribution >= 4 is 0 Å². The molecule has 0 heterocycles. The third kappa shape index (κ3) is 4.20. The topological polar surface area (TPSA) is 47.7 Å². The molecule has 0 aliphatic heterocycles. The molecule has 102 valence electrons. The second kappa shape index (κ2) is 7.24. The predicted octanol–water partition coefficient (Wildman–Crippen LogP) is 1.73. The molecule has 1 aromatic carbocycles. The first-order valence-corrected chi connectivity index (χ1v) is 6.20. The van der Waals surface area contributed by atoms with Crippen molar-refractivity contribution in [2.24, 2.45) is 11.7 Å². The quantitative estimate of drug-likeness (QED) is 0.803. The molecule has 1 unspecified atom stereocenters. The second-order valence-electron chi connectivity index (χ2n) is 4.72. The summed E-state index contributed by atoms with van der Waals surface area (Å²) in [5.41, 5.74) is 6.77. The van der Waals surface area contributed by atoms with Crippen molar-refractivity contribution in [3.63, 3.8) is 0 Å². The molecule has 0 radical (unpaired) electrons. The molecule has 0 aliphatic rings. The van der Waals surface area contributed by atoms with E-state index in [2.05, 4.69) is 18.9 Å². The molecule has 4 heteroatoms. The van der Waals surface area contributed by atoms with Gasteiger partial charge in [-0.05, 0) is 37.7 Å². The Bertz CT molecular complexity index is 369. The van der Waals surface area contributed by atoms with Gasteiger partial charge in [0.15, 0.2) is 0 Å². The van der Waals surface area contributed by atoms with Gasteiger partial charge >= 0.3 is 0 Å². The van der Waals surface area contributed by atoms with Crippen LogP contribution in [0.2, 0.25) is 0 Å². The summed E-state index contributed by atoms with van der Waals surface area (Å²) in [6.07, 6.45) is 0. The number of nitrogens with zero attached hydrogens (tertiary/aromatic N) is 1. The van der Waals surface area contributed by atoms with Crippen LogP contribution in [0.4, 0.5) is 0 Å². The van der Waals surface area contributed by atoms with Crippen LogP contribution in [-0.4, -0.2) is 39.3 Å². The van der Waals surface area contributed by atoms with E-state index in [1.807, 2.05) is 18.2 Å². The standard InChI is InChI=1S/C14H24N2O2/c1-11(8-15)9-16(2)10-12-7-13(17-3)5-6-14(12)18-4/h5-7,11H,8-10,15H2,1-4H3. The largest absolute Gasteiger partial charge is 0.497 e. The Balaban J connectivity index is 2.75. The molecule has 0 amide bonds. The molecule has 18 heavy (non-hydrogen) atoms. The molecule has 0 bridgehead atoms. The maximum absolute atomic E-state index is 5.64. The summed E-state index contributed by atoms with van der Waals surface area (Å²) in [6, 6.07) is 5.86. The minimum absolute atomic E-state index is 0.492. The van der Waals surface area contributed by atoms with E-state index in [1.165, 1.54) is 0 Å². The van der Waals surface area contributed by atoms with Gasteiger partial charge in [0.1, 0.15) is 11.5 Å². The van der Waals surface area contributed by atoms with Crippen LogP contribution in [0, 0.1) is 5.92 Å². The van der Waals surface area contributed by atoms with E-state index in [0.717, 1.165) is 30.2 Å². The van der Waals surface area contributed by atoms with E-state index in [0.29, 0.717) is 12.5 Å². The number of benzene rings is 1. The van der Waals surface area contributed by atoms with Crippen LogP contribution < -0.4 is 15.2 Å². The van der Waals surface area contributed by atoms with Crippen molar-refractivity contribution in [1.29, 1.82) is 0 Å². The van der Waals surface area contributed by atoms with Gasteiger partial charge in [-0.1, -0.05) is 6.92 Å². The molecule has 0 aliphatic carbocycles. The van der Waals surface area contributed by atoms with Gasteiger partial charge in [0, 0.05) is 18.7 Å². The first kappa shape index (κ1) is 14.8. The van der Waals surface area contributed by atoms with Gasteiger partial charge in [0.25, 0.3) is 0 Å². The maximum atomic E-state index is 5.64. The summed E-state index contributed by atoms with van der Waals surface area (Å²) in [5, 5.41) is 0. The summed E-state index contributed by atoms with van der Waals surface area (Å²) < 4.78 is 10.6. The van der Waals surface area contributed by atoms with E-state index >= 15 is 0 Å². The molecule has 1 rings (SSSR count). The average molecular weight is 252 g/mol. The normalized spacial score (nSPS) is 12.6. The fourth-order valence-corrected chi connectivity index (χ4v) is 1.97. The molecule has 4 nitrogen and oxygen atoms in total. The molecule has 0 aromatic heterocycles. The minimum Gasteiger partial charge on any atom is -0.497 e. The predicted molar refractivity (Wildman–Crippen MR) is 74.1 cm³/mol. The van der Waals surface area contributed by atoms with Crippen molar-refractivity contribution in [2.75, 3.05) is 34.4 Å². The highest BCUT2D eigenvalue weighted by Crippen LogP contribution is 2.25. The molecule has 2 N–H and O–H groups in total. The summed E-state index contributed by atoms with van der Waals surface area (Å²) in [7, 11) is 5.45. The van der Waals surface area contributed by atoms with Crippen molar-refractivity contribution in [3.8, 4) is 11.5 Å². The summed E-state index contributed by atoms with van der Waals surface area (Å²) in [4.78, 5) is 2.24. The number of hydrogen-bond acceptors (Lipinski definition) is 4. The average Bonchev–Trinajstić information content (AvgIpc) is 2.38. The lowest BCUT2D eigenvalue weighted by atomic mass is 10.1. The monoisotopic (exact) mass is 252 g/mol. The van der Waals surface area contributed by atoms with Crippen LogP contribution in [-0.2, 0) is 6.54 Å². The maximum Gasteiger partial charge on any atom is 0.123 e. The molecule has 0 fully saturated rings. The van der Waals surface area contributed by atoms with Gasteiger partial charge in [-0.15, -0.1) is 0 Å². The highest BCUT2D eigenvalue weighted by molar-refractivity contribution is 5.40. The lowest BCUT2D eigenvalue weighted by molar-refractivity contribution is 0.276. The summed E-state index contributed by atoms with van der Waals surface area (Å²) >= 11 is 0. The SMILES string of the molecule is COc1ccc(OC)c(CN(C)CC(C)CN)c1. The first-order chi connectivity index (χ1) is 8.60.